The predicted octanol–water partition coefficient (Wildman–Crippen LogP) is -0.335. The van der Waals surface area contributed by atoms with E-state index in [1.807, 2.05) is 0 Å². The molecule has 0 bridgehead atoms. The number of hydrogen-bond donors (Lipinski definition) is 3. The van der Waals surface area contributed by atoms with Gasteiger partial charge in [0.2, 0.25) is 5.91 Å². The summed E-state index contributed by atoms with van der Waals surface area (Å²) in [5, 5.41) is 11.2. The van der Waals surface area contributed by atoms with E-state index in [1.165, 1.54) is 6.20 Å². The molecule has 6 heteroatoms. The number of nitrogens with one attached hydrogen (secondary N) is 1. The number of carbonyl (C=O) groups is 2. The quantitative estimate of drug-likeness (QED) is 0.654. The van der Waals surface area contributed by atoms with Gasteiger partial charge in [-0.1, -0.05) is 25.7 Å². The number of hydrogen-bond acceptors (Lipinski definition) is 4. The Morgan fingerprint density at radius 2 is 2.20 bits per heavy atom. The first-order chi connectivity index (χ1) is 9.47. The fourth-order valence-electron chi connectivity index (χ4n) is 1.60. The summed E-state index contributed by atoms with van der Waals surface area (Å²) >= 11 is 0. The molecule has 1 atom stereocenters. The Bertz CT molecular complexity index is 558. The van der Waals surface area contributed by atoms with E-state index in [4.69, 9.17) is 10.8 Å². The summed E-state index contributed by atoms with van der Waals surface area (Å²) in [6, 6.07) is 2.47. The van der Waals surface area contributed by atoms with Crippen LogP contribution in [0.4, 0.5) is 0 Å². The molecule has 2 amide bonds. The molecule has 1 rings (SSSR count). The van der Waals surface area contributed by atoms with Crippen molar-refractivity contribution in [3.8, 4) is 11.8 Å². The molecule has 0 aliphatic heterocycles. The minimum Gasteiger partial charge on any atom is -0.384 e. The van der Waals surface area contributed by atoms with Crippen molar-refractivity contribution in [2.24, 2.45) is 11.7 Å². The van der Waals surface area contributed by atoms with Gasteiger partial charge in [0.25, 0.3) is 5.91 Å². The van der Waals surface area contributed by atoms with Crippen LogP contribution in [-0.4, -0.2) is 34.6 Å². The summed E-state index contributed by atoms with van der Waals surface area (Å²) in [6.45, 7) is 3.24. The highest BCUT2D eigenvalue weighted by Gasteiger charge is 2.23. The lowest BCUT2D eigenvalue weighted by atomic mass is 10.0. The first-order valence-corrected chi connectivity index (χ1v) is 6.12. The van der Waals surface area contributed by atoms with Crippen molar-refractivity contribution in [1.29, 1.82) is 0 Å². The van der Waals surface area contributed by atoms with E-state index in [0.29, 0.717) is 5.56 Å². The lowest BCUT2D eigenvalue weighted by molar-refractivity contribution is -0.120. The number of aliphatic hydroxyl groups excluding tert-OH is 1. The molecule has 0 aliphatic carbocycles. The van der Waals surface area contributed by atoms with Gasteiger partial charge in [-0.2, -0.15) is 0 Å². The molecule has 0 radical (unpaired) electrons. The van der Waals surface area contributed by atoms with Crippen LogP contribution in [0.3, 0.4) is 0 Å². The minimum atomic E-state index is -0.775. The lowest BCUT2D eigenvalue weighted by Gasteiger charge is -2.18. The molecular formula is C14H17N3O3. The van der Waals surface area contributed by atoms with Gasteiger partial charge in [-0.15, -0.1) is 0 Å². The summed E-state index contributed by atoms with van der Waals surface area (Å²) in [5.41, 5.74) is 5.73. The first kappa shape index (κ1) is 15.7. The Balaban J connectivity index is 3.00. The molecule has 0 saturated heterocycles. The van der Waals surface area contributed by atoms with Crippen LogP contribution in [0, 0.1) is 17.8 Å². The Labute approximate surface area is 117 Å². The predicted molar refractivity (Wildman–Crippen MR) is 73.5 cm³/mol. The molecule has 0 spiro atoms. The van der Waals surface area contributed by atoms with Crippen molar-refractivity contribution >= 4 is 11.8 Å². The van der Waals surface area contributed by atoms with Gasteiger partial charge in [-0.05, 0) is 18.1 Å². The smallest absolute Gasteiger partial charge is 0.271 e. The number of carbonyl (C=O) groups excluding carboxylic acids is 2. The van der Waals surface area contributed by atoms with Crippen LogP contribution in [0.25, 0.3) is 0 Å². The normalized spacial score (nSPS) is 11.4. The Kier molecular flexibility index (Phi) is 5.69. The second-order valence-electron chi connectivity index (χ2n) is 4.46. The maximum Gasteiger partial charge on any atom is 0.271 e. The Morgan fingerprint density at radius 3 is 2.75 bits per heavy atom. The van der Waals surface area contributed by atoms with Crippen LogP contribution in [0.2, 0.25) is 0 Å². The zero-order valence-corrected chi connectivity index (χ0v) is 11.4. The van der Waals surface area contributed by atoms with Crippen molar-refractivity contribution in [3.05, 3.63) is 29.6 Å². The summed E-state index contributed by atoms with van der Waals surface area (Å²) in [6.07, 6.45) is 1.45. The third kappa shape index (κ3) is 4.07. The number of nitrogens with zero attached hydrogens (tertiary/aromatic N) is 1. The topological polar surface area (TPSA) is 105 Å². The molecule has 1 unspecified atom stereocenters. The van der Waals surface area contributed by atoms with E-state index in [-0.39, 0.29) is 18.2 Å². The molecule has 4 N–H and O–H groups in total. The Morgan fingerprint density at radius 1 is 1.50 bits per heavy atom. The number of aromatic nitrogens is 1. The van der Waals surface area contributed by atoms with Gasteiger partial charge in [-0.25, -0.2) is 4.98 Å². The van der Waals surface area contributed by atoms with E-state index in [2.05, 4.69) is 22.1 Å². The van der Waals surface area contributed by atoms with Gasteiger partial charge in [-0.3, -0.25) is 9.59 Å². The molecule has 6 nitrogen and oxygen atoms in total. The van der Waals surface area contributed by atoms with E-state index < -0.39 is 17.9 Å². The third-order valence-electron chi connectivity index (χ3n) is 2.58. The largest absolute Gasteiger partial charge is 0.384 e. The summed E-state index contributed by atoms with van der Waals surface area (Å²) < 4.78 is 0. The van der Waals surface area contributed by atoms with Crippen molar-refractivity contribution in [3.63, 3.8) is 0 Å². The van der Waals surface area contributed by atoms with E-state index in [1.54, 1.807) is 26.0 Å². The zero-order chi connectivity index (χ0) is 15.1. The number of rotatable bonds is 4. The molecular weight excluding hydrogens is 258 g/mol. The molecule has 0 aromatic carbocycles. The van der Waals surface area contributed by atoms with Gasteiger partial charge in [0.1, 0.15) is 18.3 Å². The SMILES string of the molecule is CC(C)C(NC(=O)c1ncccc1C#CCO)C(N)=O. The van der Waals surface area contributed by atoms with Crippen LogP contribution in [-0.2, 0) is 4.79 Å². The highest BCUT2D eigenvalue weighted by atomic mass is 16.2. The standard InChI is InChI=1S/C14H17N3O3/c1-9(2)11(13(15)19)17-14(20)12-10(6-4-8-18)5-3-7-16-12/h3,5,7,9,11,18H,8H2,1-2H3,(H2,15,19)(H,17,20). The fraction of sp³-hybridized carbons (Fsp3) is 0.357. The maximum absolute atomic E-state index is 12.1. The van der Waals surface area contributed by atoms with E-state index in [9.17, 15) is 9.59 Å². The number of aliphatic hydroxyl groups is 1. The molecule has 0 aliphatic rings. The van der Waals surface area contributed by atoms with Crippen molar-refractivity contribution in [2.45, 2.75) is 19.9 Å². The second-order valence-corrected chi connectivity index (χ2v) is 4.46. The molecule has 20 heavy (non-hydrogen) atoms. The first-order valence-electron chi connectivity index (χ1n) is 6.12. The molecule has 1 aromatic heterocycles. The highest BCUT2D eigenvalue weighted by Crippen LogP contribution is 2.06. The monoisotopic (exact) mass is 275 g/mol. The van der Waals surface area contributed by atoms with Crippen molar-refractivity contribution in [2.75, 3.05) is 6.61 Å². The minimum absolute atomic E-state index is 0.0975. The number of amides is 2. The van der Waals surface area contributed by atoms with Crippen LogP contribution in [0.5, 0.6) is 0 Å². The van der Waals surface area contributed by atoms with Crippen molar-refractivity contribution in [1.82, 2.24) is 10.3 Å². The van der Waals surface area contributed by atoms with E-state index >= 15 is 0 Å². The van der Waals surface area contributed by atoms with Gasteiger partial charge < -0.3 is 16.2 Å². The maximum atomic E-state index is 12.1. The van der Waals surface area contributed by atoms with E-state index in [0.717, 1.165) is 0 Å². The Hall–Kier alpha value is -2.39. The van der Waals surface area contributed by atoms with Gasteiger partial charge in [0.15, 0.2) is 0 Å². The van der Waals surface area contributed by atoms with Gasteiger partial charge >= 0.3 is 0 Å². The van der Waals surface area contributed by atoms with Crippen LogP contribution < -0.4 is 11.1 Å². The molecule has 1 heterocycles. The average Bonchev–Trinajstić information content (AvgIpc) is 2.41. The summed E-state index contributed by atoms with van der Waals surface area (Å²) in [4.78, 5) is 27.4. The highest BCUT2D eigenvalue weighted by molar-refractivity contribution is 5.97. The molecule has 106 valence electrons. The van der Waals surface area contributed by atoms with Crippen molar-refractivity contribution < 1.29 is 14.7 Å². The lowest BCUT2D eigenvalue weighted by Crippen LogP contribution is -2.48. The molecule has 0 fully saturated rings. The number of nitrogens with two attached hydrogens (primary N) is 1. The molecule has 1 aromatic rings. The summed E-state index contributed by atoms with van der Waals surface area (Å²) in [5.74, 6) is 3.83. The average molecular weight is 275 g/mol. The summed E-state index contributed by atoms with van der Waals surface area (Å²) in [7, 11) is 0. The second kappa shape index (κ2) is 7.26. The fourth-order valence-corrected chi connectivity index (χ4v) is 1.60. The van der Waals surface area contributed by atoms with Crippen LogP contribution >= 0.6 is 0 Å². The number of primary amides is 1. The third-order valence-corrected chi connectivity index (χ3v) is 2.58. The van der Waals surface area contributed by atoms with Gasteiger partial charge in [0.05, 0.1) is 5.56 Å². The van der Waals surface area contributed by atoms with Gasteiger partial charge in [0, 0.05) is 6.20 Å². The molecule has 0 saturated carbocycles. The van der Waals surface area contributed by atoms with Crippen LogP contribution in [0.1, 0.15) is 29.9 Å². The van der Waals surface area contributed by atoms with Crippen LogP contribution in [0.15, 0.2) is 18.3 Å². The zero-order valence-electron chi connectivity index (χ0n) is 11.4. The number of pyridine rings is 1.